The van der Waals surface area contributed by atoms with E-state index in [9.17, 15) is 23.1 Å². The molecule has 7 nitrogen and oxygen atoms in total. The Hall–Kier alpha value is -3.46. The fourth-order valence-electron chi connectivity index (χ4n) is 2.93. The molecule has 1 atom stereocenters. The van der Waals surface area contributed by atoms with Crippen LogP contribution in [0, 0.1) is 0 Å². The van der Waals surface area contributed by atoms with Crippen molar-refractivity contribution in [2.75, 3.05) is 5.32 Å². The van der Waals surface area contributed by atoms with E-state index >= 15 is 0 Å². The number of carboxylic acid groups (broad SMARTS) is 1. The van der Waals surface area contributed by atoms with Crippen molar-refractivity contribution in [2.45, 2.75) is 17.4 Å². The van der Waals surface area contributed by atoms with E-state index in [1.165, 1.54) is 30.3 Å². The maximum Gasteiger partial charge on any atom is 0.322 e. The number of hydrogen-bond acceptors (Lipinski definition) is 4. The van der Waals surface area contributed by atoms with Crippen molar-refractivity contribution < 1.29 is 23.1 Å². The van der Waals surface area contributed by atoms with Crippen molar-refractivity contribution in [3.63, 3.8) is 0 Å². The van der Waals surface area contributed by atoms with Crippen molar-refractivity contribution >= 4 is 45.3 Å². The number of carbonyl (C=O) groups is 2. The molecule has 33 heavy (non-hydrogen) atoms. The quantitative estimate of drug-likeness (QED) is 0.398. The van der Waals surface area contributed by atoms with E-state index in [2.05, 4.69) is 10.0 Å². The number of carbonyl (C=O) groups excluding carboxylic acids is 1. The topological polar surface area (TPSA) is 113 Å². The number of amides is 1. The maximum absolute atomic E-state index is 12.7. The van der Waals surface area contributed by atoms with Crippen LogP contribution < -0.4 is 10.0 Å². The predicted molar refractivity (Wildman–Crippen MR) is 127 cm³/mol. The van der Waals surface area contributed by atoms with Gasteiger partial charge in [-0.05, 0) is 60.0 Å². The Morgan fingerprint density at radius 2 is 1.58 bits per heavy atom. The first-order valence-corrected chi connectivity index (χ1v) is 11.7. The SMILES string of the molecule is O=C(/C=C/c1ccc(Cl)cc1)Nc1ccc(S(=O)(=O)N[C@@H](Cc2ccccc2)C(=O)O)cc1. The highest BCUT2D eigenvalue weighted by Gasteiger charge is 2.25. The average molecular weight is 485 g/mol. The molecule has 0 unspecified atom stereocenters. The van der Waals surface area contributed by atoms with Crippen molar-refractivity contribution in [2.24, 2.45) is 0 Å². The van der Waals surface area contributed by atoms with Crippen LogP contribution in [-0.4, -0.2) is 31.4 Å². The fourth-order valence-corrected chi connectivity index (χ4v) is 4.25. The fraction of sp³-hybridized carbons (Fsp3) is 0.0833. The summed E-state index contributed by atoms with van der Waals surface area (Å²) in [4.78, 5) is 23.6. The van der Waals surface area contributed by atoms with Crippen LogP contribution in [0.25, 0.3) is 6.08 Å². The molecule has 0 aromatic heterocycles. The van der Waals surface area contributed by atoms with Gasteiger partial charge < -0.3 is 10.4 Å². The molecule has 3 aromatic rings. The van der Waals surface area contributed by atoms with E-state index < -0.39 is 27.9 Å². The third-order valence-electron chi connectivity index (χ3n) is 4.61. The lowest BCUT2D eigenvalue weighted by Crippen LogP contribution is -2.42. The molecule has 0 aliphatic heterocycles. The second-order valence-corrected chi connectivity index (χ2v) is 9.25. The molecule has 0 spiro atoms. The van der Waals surface area contributed by atoms with Gasteiger partial charge in [-0.2, -0.15) is 4.72 Å². The van der Waals surface area contributed by atoms with Crippen molar-refractivity contribution in [3.8, 4) is 0 Å². The van der Waals surface area contributed by atoms with Gasteiger partial charge in [0.15, 0.2) is 0 Å². The molecule has 170 valence electrons. The Morgan fingerprint density at radius 3 is 2.18 bits per heavy atom. The Labute approximate surface area is 196 Å². The van der Waals surface area contributed by atoms with Gasteiger partial charge in [0.05, 0.1) is 4.90 Å². The first-order chi connectivity index (χ1) is 15.7. The summed E-state index contributed by atoms with van der Waals surface area (Å²) in [6, 6.07) is 19.8. The van der Waals surface area contributed by atoms with Crippen LogP contribution in [0.5, 0.6) is 0 Å². The van der Waals surface area contributed by atoms with Gasteiger partial charge in [0.1, 0.15) is 6.04 Å². The number of rotatable bonds is 9. The molecule has 0 bridgehead atoms. The summed E-state index contributed by atoms with van der Waals surface area (Å²) in [5.74, 6) is -1.67. The standard InChI is InChI=1S/C24H21ClN2O5S/c25-19-9-6-17(7-10-19)8-15-23(28)26-20-11-13-21(14-12-20)33(31,32)27-22(24(29)30)16-18-4-2-1-3-5-18/h1-15,22,27H,16H2,(H,26,28)(H,29,30)/b15-8+/t22-/m0/s1. The van der Waals surface area contributed by atoms with E-state index in [0.717, 1.165) is 5.56 Å². The zero-order valence-corrected chi connectivity index (χ0v) is 18.9. The minimum absolute atomic E-state index is 0.00347. The summed E-state index contributed by atoms with van der Waals surface area (Å²) in [7, 11) is -4.09. The molecule has 0 aliphatic rings. The summed E-state index contributed by atoms with van der Waals surface area (Å²) >= 11 is 5.83. The molecule has 0 fully saturated rings. The summed E-state index contributed by atoms with van der Waals surface area (Å²) in [5, 5.41) is 12.7. The molecule has 3 rings (SSSR count). The molecular formula is C24H21ClN2O5S. The lowest BCUT2D eigenvalue weighted by atomic mass is 10.1. The second-order valence-electron chi connectivity index (χ2n) is 7.10. The van der Waals surface area contributed by atoms with E-state index in [1.54, 1.807) is 60.7 Å². The van der Waals surface area contributed by atoms with Gasteiger partial charge in [0.2, 0.25) is 15.9 Å². The summed E-state index contributed by atoms with van der Waals surface area (Å²) in [5.41, 5.74) is 1.88. The van der Waals surface area contributed by atoms with E-state index in [4.69, 9.17) is 11.6 Å². The molecule has 0 saturated heterocycles. The summed E-state index contributed by atoms with van der Waals surface area (Å²) in [6.07, 6.45) is 2.97. The normalized spacial score (nSPS) is 12.4. The van der Waals surface area contributed by atoms with Crippen LogP contribution in [0.1, 0.15) is 11.1 Å². The Bertz CT molecular complexity index is 1240. The van der Waals surface area contributed by atoms with Crippen LogP contribution in [0.15, 0.2) is 89.8 Å². The maximum atomic E-state index is 12.7. The summed E-state index contributed by atoms with van der Waals surface area (Å²) < 4.78 is 27.6. The monoisotopic (exact) mass is 484 g/mol. The first kappa shape index (κ1) is 24.2. The molecular weight excluding hydrogens is 464 g/mol. The minimum Gasteiger partial charge on any atom is -0.480 e. The third kappa shape index (κ3) is 7.28. The van der Waals surface area contributed by atoms with Crippen molar-refractivity contribution in [1.29, 1.82) is 0 Å². The number of halogens is 1. The number of hydrogen-bond donors (Lipinski definition) is 3. The second kappa shape index (κ2) is 10.9. The van der Waals surface area contributed by atoms with Crippen LogP contribution in [0.2, 0.25) is 5.02 Å². The molecule has 0 heterocycles. The zero-order valence-electron chi connectivity index (χ0n) is 17.3. The first-order valence-electron chi connectivity index (χ1n) is 9.87. The smallest absolute Gasteiger partial charge is 0.322 e. The molecule has 3 aromatic carbocycles. The molecule has 0 aliphatic carbocycles. The Balaban J connectivity index is 1.64. The van der Waals surface area contributed by atoms with Gasteiger partial charge in [-0.15, -0.1) is 0 Å². The number of nitrogens with one attached hydrogen (secondary N) is 2. The Kier molecular flexibility index (Phi) is 8.00. The number of aliphatic carboxylic acids is 1. The van der Waals surface area contributed by atoms with Gasteiger partial charge in [-0.25, -0.2) is 8.42 Å². The zero-order chi connectivity index (χ0) is 23.8. The van der Waals surface area contributed by atoms with Crippen LogP contribution in [0.4, 0.5) is 5.69 Å². The lowest BCUT2D eigenvalue weighted by molar-refractivity contribution is -0.138. The number of sulfonamides is 1. The minimum atomic E-state index is -4.09. The number of carboxylic acids is 1. The average Bonchev–Trinajstić information content (AvgIpc) is 2.79. The van der Waals surface area contributed by atoms with Crippen molar-refractivity contribution in [3.05, 3.63) is 101 Å². The van der Waals surface area contributed by atoms with Gasteiger partial charge >= 0.3 is 5.97 Å². The van der Waals surface area contributed by atoms with Crippen LogP contribution in [0.3, 0.4) is 0 Å². The molecule has 0 radical (unpaired) electrons. The van der Waals surface area contributed by atoms with E-state index in [0.29, 0.717) is 16.3 Å². The highest BCUT2D eigenvalue weighted by Crippen LogP contribution is 2.16. The number of benzene rings is 3. The van der Waals surface area contributed by atoms with Crippen molar-refractivity contribution in [1.82, 2.24) is 4.72 Å². The molecule has 3 N–H and O–H groups in total. The Morgan fingerprint density at radius 1 is 0.939 bits per heavy atom. The summed E-state index contributed by atoms with van der Waals surface area (Å²) in [6.45, 7) is 0. The highest BCUT2D eigenvalue weighted by molar-refractivity contribution is 7.89. The van der Waals surface area contributed by atoms with Gasteiger partial charge in [-0.3, -0.25) is 9.59 Å². The molecule has 1 amide bonds. The van der Waals surface area contributed by atoms with E-state index in [-0.39, 0.29) is 11.3 Å². The van der Waals surface area contributed by atoms with E-state index in [1.807, 2.05) is 0 Å². The molecule has 0 saturated carbocycles. The van der Waals surface area contributed by atoms with Gasteiger partial charge in [0.25, 0.3) is 0 Å². The van der Waals surface area contributed by atoms with Gasteiger partial charge in [-0.1, -0.05) is 54.1 Å². The predicted octanol–water partition coefficient (Wildman–Crippen LogP) is 3.97. The number of anilines is 1. The lowest BCUT2D eigenvalue weighted by Gasteiger charge is -2.15. The van der Waals surface area contributed by atoms with Crippen LogP contribution in [-0.2, 0) is 26.0 Å². The molecule has 9 heteroatoms. The largest absolute Gasteiger partial charge is 0.480 e. The highest BCUT2D eigenvalue weighted by atomic mass is 35.5. The third-order valence-corrected chi connectivity index (χ3v) is 6.35. The van der Waals surface area contributed by atoms with Gasteiger partial charge in [0, 0.05) is 16.8 Å². The van der Waals surface area contributed by atoms with Crippen LogP contribution >= 0.6 is 11.6 Å².